The molecule has 35 heavy (non-hydrogen) atoms. The van der Waals surface area contributed by atoms with Crippen LogP contribution < -0.4 is 4.90 Å². The van der Waals surface area contributed by atoms with Crippen LogP contribution in [-0.2, 0) is 10.2 Å². The van der Waals surface area contributed by atoms with Crippen molar-refractivity contribution in [3.05, 3.63) is 112 Å². The molecule has 1 atom stereocenters. The van der Waals surface area contributed by atoms with Crippen molar-refractivity contribution in [2.24, 2.45) is 0 Å². The number of anilines is 2. The SMILES string of the molecule is Cc1cccc(N2C(=O)[C@](c3cc(C)c(O)c(C)c3)(c3ccc(O)c(C)c3O)c3ccccc32)c1. The van der Waals surface area contributed by atoms with Gasteiger partial charge in [0.05, 0.1) is 5.69 Å². The van der Waals surface area contributed by atoms with E-state index in [-0.39, 0.29) is 23.2 Å². The Kier molecular flexibility index (Phi) is 5.09. The minimum Gasteiger partial charge on any atom is -0.508 e. The predicted molar refractivity (Wildman–Crippen MR) is 137 cm³/mol. The van der Waals surface area contributed by atoms with Crippen LogP contribution in [0.15, 0.2) is 72.8 Å². The molecule has 1 heterocycles. The first-order valence-corrected chi connectivity index (χ1v) is 11.5. The van der Waals surface area contributed by atoms with E-state index in [1.165, 1.54) is 6.07 Å². The normalized spacial score (nSPS) is 17.0. The summed E-state index contributed by atoms with van der Waals surface area (Å²) in [6, 6.07) is 22.1. The first-order valence-electron chi connectivity index (χ1n) is 11.5. The number of aromatic hydroxyl groups is 3. The number of carbonyl (C=O) groups is 1. The number of carbonyl (C=O) groups excluding carboxylic acids is 1. The van der Waals surface area contributed by atoms with E-state index in [0.717, 1.165) is 22.5 Å². The smallest absolute Gasteiger partial charge is 0.251 e. The zero-order chi connectivity index (χ0) is 25.1. The maximum atomic E-state index is 14.7. The summed E-state index contributed by atoms with van der Waals surface area (Å²) in [7, 11) is 0. The van der Waals surface area contributed by atoms with Gasteiger partial charge < -0.3 is 15.3 Å². The van der Waals surface area contributed by atoms with Gasteiger partial charge >= 0.3 is 0 Å². The van der Waals surface area contributed by atoms with Gasteiger partial charge in [-0.25, -0.2) is 0 Å². The van der Waals surface area contributed by atoms with Crippen LogP contribution in [0, 0.1) is 27.7 Å². The summed E-state index contributed by atoms with van der Waals surface area (Å²) in [6.07, 6.45) is 0. The monoisotopic (exact) mass is 465 g/mol. The Morgan fingerprint density at radius 3 is 2.09 bits per heavy atom. The molecule has 0 aliphatic carbocycles. The van der Waals surface area contributed by atoms with Crippen LogP contribution in [0.5, 0.6) is 17.2 Å². The van der Waals surface area contributed by atoms with Crippen LogP contribution in [0.25, 0.3) is 0 Å². The fourth-order valence-electron chi connectivity index (χ4n) is 5.26. The number of nitrogens with zero attached hydrogens (tertiary/aromatic N) is 1. The van der Waals surface area contributed by atoms with Crippen molar-refractivity contribution in [3.8, 4) is 17.2 Å². The highest BCUT2D eigenvalue weighted by atomic mass is 16.3. The molecular weight excluding hydrogens is 438 g/mol. The van der Waals surface area contributed by atoms with E-state index in [9.17, 15) is 20.1 Å². The third-order valence-corrected chi connectivity index (χ3v) is 7.06. The Balaban J connectivity index is 1.94. The summed E-state index contributed by atoms with van der Waals surface area (Å²) < 4.78 is 0. The summed E-state index contributed by atoms with van der Waals surface area (Å²) in [5.74, 6) is -0.255. The molecule has 1 aliphatic rings. The van der Waals surface area contributed by atoms with Crippen LogP contribution in [0.4, 0.5) is 11.4 Å². The zero-order valence-corrected chi connectivity index (χ0v) is 20.1. The molecule has 0 saturated heterocycles. The number of hydrogen-bond donors (Lipinski definition) is 3. The highest BCUT2D eigenvalue weighted by Crippen LogP contribution is 2.56. The highest BCUT2D eigenvalue weighted by Gasteiger charge is 2.55. The minimum atomic E-state index is -1.40. The van der Waals surface area contributed by atoms with Crippen molar-refractivity contribution in [1.82, 2.24) is 0 Å². The predicted octanol–water partition coefficient (Wildman–Crippen LogP) is 6.05. The summed E-state index contributed by atoms with van der Waals surface area (Å²) >= 11 is 0. The topological polar surface area (TPSA) is 81.0 Å². The summed E-state index contributed by atoms with van der Waals surface area (Å²) in [5, 5.41) is 32.1. The molecule has 0 saturated carbocycles. The van der Waals surface area contributed by atoms with Gasteiger partial charge in [-0.15, -0.1) is 0 Å². The van der Waals surface area contributed by atoms with Crippen molar-refractivity contribution in [1.29, 1.82) is 0 Å². The van der Waals surface area contributed by atoms with Crippen molar-refractivity contribution in [2.75, 3.05) is 4.90 Å². The van der Waals surface area contributed by atoms with E-state index in [1.807, 2.05) is 55.5 Å². The molecule has 5 heteroatoms. The molecule has 5 nitrogen and oxygen atoms in total. The zero-order valence-electron chi connectivity index (χ0n) is 20.1. The number of fused-ring (bicyclic) bond motifs is 1. The van der Waals surface area contributed by atoms with Gasteiger partial charge in [0.2, 0.25) is 0 Å². The van der Waals surface area contributed by atoms with Crippen LogP contribution in [0.2, 0.25) is 0 Å². The molecule has 0 spiro atoms. The largest absolute Gasteiger partial charge is 0.508 e. The van der Waals surface area contributed by atoms with Crippen LogP contribution in [-0.4, -0.2) is 21.2 Å². The molecule has 0 radical (unpaired) electrons. The Labute approximate surface area is 204 Å². The van der Waals surface area contributed by atoms with E-state index >= 15 is 0 Å². The van der Waals surface area contributed by atoms with Crippen molar-refractivity contribution in [3.63, 3.8) is 0 Å². The van der Waals surface area contributed by atoms with Gasteiger partial charge in [-0.2, -0.15) is 0 Å². The Morgan fingerprint density at radius 1 is 0.714 bits per heavy atom. The number of hydrogen-bond acceptors (Lipinski definition) is 4. The first-order chi connectivity index (χ1) is 16.7. The molecule has 0 unspecified atom stereocenters. The fraction of sp³-hybridized carbons (Fsp3) is 0.167. The average molecular weight is 466 g/mol. The summed E-state index contributed by atoms with van der Waals surface area (Å²) in [4.78, 5) is 16.4. The molecule has 1 aliphatic heterocycles. The average Bonchev–Trinajstić information content (AvgIpc) is 3.09. The van der Waals surface area contributed by atoms with Gasteiger partial charge in [-0.3, -0.25) is 9.69 Å². The quantitative estimate of drug-likeness (QED) is 0.344. The lowest BCUT2D eigenvalue weighted by Crippen LogP contribution is -2.40. The van der Waals surface area contributed by atoms with Crippen molar-refractivity contribution < 1.29 is 20.1 Å². The Hall–Kier alpha value is -4.25. The molecule has 1 amide bonds. The van der Waals surface area contributed by atoms with Crippen LogP contribution >= 0.6 is 0 Å². The maximum absolute atomic E-state index is 14.7. The second-order valence-corrected chi connectivity index (χ2v) is 9.31. The number of amides is 1. The minimum absolute atomic E-state index is 0.0475. The summed E-state index contributed by atoms with van der Waals surface area (Å²) in [5.41, 5.74) is 4.37. The molecule has 0 fully saturated rings. The molecule has 3 N–H and O–H groups in total. The number of aryl methyl sites for hydroxylation is 3. The van der Waals surface area contributed by atoms with Gasteiger partial charge in [0, 0.05) is 22.4 Å². The third kappa shape index (κ3) is 3.12. The van der Waals surface area contributed by atoms with Gasteiger partial charge in [-0.05, 0) is 80.3 Å². The Bertz CT molecular complexity index is 1480. The van der Waals surface area contributed by atoms with E-state index in [4.69, 9.17) is 0 Å². The van der Waals surface area contributed by atoms with Crippen molar-refractivity contribution in [2.45, 2.75) is 33.1 Å². The van der Waals surface area contributed by atoms with Gasteiger partial charge in [0.15, 0.2) is 0 Å². The molecular formula is C30H27NO4. The van der Waals surface area contributed by atoms with Gasteiger partial charge in [0.1, 0.15) is 22.7 Å². The molecule has 4 aromatic rings. The third-order valence-electron chi connectivity index (χ3n) is 7.06. The lowest BCUT2D eigenvalue weighted by molar-refractivity contribution is -0.120. The van der Waals surface area contributed by atoms with Gasteiger partial charge in [0.25, 0.3) is 5.91 Å². The van der Waals surface area contributed by atoms with Crippen LogP contribution in [0.1, 0.15) is 38.9 Å². The van der Waals surface area contributed by atoms with Gasteiger partial charge in [-0.1, -0.05) is 42.5 Å². The number of rotatable bonds is 3. The first kappa shape index (κ1) is 22.5. The maximum Gasteiger partial charge on any atom is 0.251 e. The number of phenols is 3. The second kappa shape index (κ2) is 7.91. The van der Waals surface area contributed by atoms with E-state index in [0.29, 0.717) is 27.8 Å². The fourth-order valence-corrected chi connectivity index (χ4v) is 5.26. The molecule has 0 aromatic heterocycles. The Morgan fingerprint density at radius 2 is 1.40 bits per heavy atom. The van der Waals surface area contributed by atoms with Crippen molar-refractivity contribution >= 4 is 17.3 Å². The number of phenolic OH excluding ortho intramolecular Hbond substituents is 3. The standard InChI is InChI=1S/C30H27NO4/c1-17-8-7-9-22(14-17)31-25-11-6-5-10-23(25)30(29(31)35,21-15-18(2)27(33)19(3)16-21)24-12-13-26(32)20(4)28(24)34/h5-16,32-34H,1-4H3/t30-/m0/s1. The molecule has 176 valence electrons. The molecule has 0 bridgehead atoms. The lowest BCUT2D eigenvalue weighted by Gasteiger charge is -2.32. The van der Waals surface area contributed by atoms with E-state index in [2.05, 4.69) is 0 Å². The molecule has 4 aromatic carbocycles. The van der Waals surface area contributed by atoms with Crippen LogP contribution in [0.3, 0.4) is 0 Å². The number of benzene rings is 4. The molecule has 5 rings (SSSR count). The summed E-state index contributed by atoms with van der Waals surface area (Å²) in [6.45, 7) is 7.19. The second-order valence-electron chi connectivity index (χ2n) is 9.31. The number of para-hydroxylation sites is 1. The lowest BCUT2D eigenvalue weighted by atomic mass is 9.68. The highest BCUT2D eigenvalue weighted by molar-refractivity contribution is 6.17. The van der Waals surface area contributed by atoms with E-state index < -0.39 is 5.41 Å². The van der Waals surface area contributed by atoms with E-state index in [1.54, 1.807) is 43.9 Å².